The van der Waals surface area contributed by atoms with E-state index in [9.17, 15) is 0 Å². The molecule has 0 amide bonds. The molecule has 0 unspecified atom stereocenters. The van der Waals surface area contributed by atoms with Gasteiger partial charge in [-0.1, -0.05) is 13.8 Å². The van der Waals surface area contributed by atoms with Gasteiger partial charge in [-0.15, -0.1) is 0 Å². The van der Waals surface area contributed by atoms with Gasteiger partial charge in [0.25, 0.3) is 0 Å². The molecular weight excluding hydrogens is 186 g/mol. The third-order valence-corrected chi connectivity index (χ3v) is 3.23. The maximum atomic E-state index is 4.26. The van der Waals surface area contributed by atoms with Crippen LogP contribution >= 0.6 is 0 Å². The molecule has 2 rings (SSSR count). The van der Waals surface area contributed by atoms with Crippen molar-refractivity contribution in [2.45, 2.75) is 58.2 Å². The van der Waals surface area contributed by atoms with Gasteiger partial charge in [-0.3, -0.25) is 0 Å². The van der Waals surface area contributed by atoms with Gasteiger partial charge in [-0.2, -0.15) is 0 Å². The molecule has 1 heterocycles. The normalized spacial score (nSPS) is 16.2. The van der Waals surface area contributed by atoms with Gasteiger partial charge >= 0.3 is 0 Å². The first-order chi connectivity index (χ1) is 7.35. The molecule has 1 aromatic rings. The first-order valence-corrected chi connectivity index (χ1v) is 6.09. The maximum Gasteiger partial charge on any atom is 0.0951 e. The molecule has 1 saturated carbocycles. The lowest BCUT2D eigenvalue weighted by molar-refractivity contribution is 0.450. The SMILES string of the molecule is CCC(CC)n1cncc1CNC1CC1. The lowest BCUT2D eigenvalue weighted by Gasteiger charge is -2.17. The van der Waals surface area contributed by atoms with Crippen LogP contribution in [0, 0.1) is 0 Å². The highest BCUT2D eigenvalue weighted by atomic mass is 15.1. The molecule has 0 spiro atoms. The summed E-state index contributed by atoms with van der Waals surface area (Å²) in [7, 11) is 0. The molecule has 1 aromatic heterocycles. The van der Waals surface area contributed by atoms with Crippen LogP contribution in [0.5, 0.6) is 0 Å². The van der Waals surface area contributed by atoms with Crippen molar-refractivity contribution in [2.75, 3.05) is 0 Å². The van der Waals surface area contributed by atoms with E-state index >= 15 is 0 Å². The molecule has 1 fully saturated rings. The van der Waals surface area contributed by atoms with Crippen LogP contribution in [0.15, 0.2) is 12.5 Å². The molecule has 0 aromatic carbocycles. The minimum atomic E-state index is 0.614. The number of rotatable bonds is 6. The van der Waals surface area contributed by atoms with Crippen molar-refractivity contribution < 1.29 is 0 Å². The van der Waals surface area contributed by atoms with E-state index in [1.54, 1.807) is 0 Å². The summed E-state index contributed by atoms with van der Waals surface area (Å²) in [5.74, 6) is 0. The van der Waals surface area contributed by atoms with Crippen LogP contribution < -0.4 is 5.32 Å². The van der Waals surface area contributed by atoms with Gasteiger partial charge in [0.15, 0.2) is 0 Å². The zero-order valence-corrected chi connectivity index (χ0v) is 9.74. The number of hydrogen-bond donors (Lipinski definition) is 1. The molecule has 0 radical (unpaired) electrons. The standard InChI is InChI=1S/C12H21N3/c1-3-11(4-2)15-9-13-7-12(15)8-14-10-5-6-10/h7,9-11,14H,3-6,8H2,1-2H3. The van der Waals surface area contributed by atoms with Gasteiger partial charge in [0.05, 0.1) is 12.0 Å². The van der Waals surface area contributed by atoms with Gasteiger partial charge < -0.3 is 9.88 Å². The third-order valence-electron chi connectivity index (χ3n) is 3.23. The van der Waals surface area contributed by atoms with Crippen LogP contribution in [-0.4, -0.2) is 15.6 Å². The van der Waals surface area contributed by atoms with Crippen molar-refractivity contribution in [1.82, 2.24) is 14.9 Å². The van der Waals surface area contributed by atoms with E-state index in [-0.39, 0.29) is 0 Å². The molecule has 0 saturated heterocycles. The highest BCUT2D eigenvalue weighted by Gasteiger charge is 2.21. The number of nitrogens with zero attached hydrogens (tertiary/aromatic N) is 2. The maximum absolute atomic E-state index is 4.26. The van der Waals surface area contributed by atoms with E-state index in [2.05, 4.69) is 28.7 Å². The Balaban J connectivity index is 1.98. The molecule has 1 N–H and O–H groups in total. The second-order valence-corrected chi connectivity index (χ2v) is 4.42. The highest BCUT2D eigenvalue weighted by molar-refractivity contribution is 5.01. The Hall–Kier alpha value is -0.830. The predicted octanol–water partition coefficient (Wildman–Crippen LogP) is 2.50. The molecule has 1 aliphatic rings. The van der Waals surface area contributed by atoms with E-state index in [0.29, 0.717) is 6.04 Å². The Bertz CT molecular complexity index is 298. The lowest BCUT2D eigenvalue weighted by Crippen LogP contribution is -2.19. The lowest BCUT2D eigenvalue weighted by atomic mass is 10.1. The van der Waals surface area contributed by atoms with Crippen LogP contribution in [0.4, 0.5) is 0 Å². The van der Waals surface area contributed by atoms with E-state index in [0.717, 1.165) is 12.6 Å². The minimum absolute atomic E-state index is 0.614. The average molecular weight is 207 g/mol. The zero-order valence-electron chi connectivity index (χ0n) is 9.74. The molecule has 3 heteroatoms. The second kappa shape index (κ2) is 4.79. The molecule has 0 bridgehead atoms. The molecule has 15 heavy (non-hydrogen) atoms. The van der Waals surface area contributed by atoms with Gasteiger partial charge in [0.2, 0.25) is 0 Å². The minimum Gasteiger partial charge on any atom is -0.330 e. The van der Waals surface area contributed by atoms with Gasteiger partial charge in [0, 0.05) is 24.8 Å². The first-order valence-electron chi connectivity index (χ1n) is 6.09. The van der Waals surface area contributed by atoms with Crippen molar-refractivity contribution in [1.29, 1.82) is 0 Å². The van der Waals surface area contributed by atoms with Crippen LogP contribution in [-0.2, 0) is 6.54 Å². The van der Waals surface area contributed by atoms with E-state index in [1.807, 2.05) is 12.5 Å². The Kier molecular flexibility index (Phi) is 3.41. The van der Waals surface area contributed by atoms with E-state index < -0.39 is 0 Å². The van der Waals surface area contributed by atoms with Crippen LogP contribution in [0.25, 0.3) is 0 Å². The molecule has 3 nitrogen and oxygen atoms in total. The predicted molar refractivity (Wildman–Crippen MR) is 61.7 cm³/mol. The fourth-order valence-electron chi connectivity index (χ4n) is 2.02. The first kappa shape index (κ1) is 10.7. The summed E-state index contributed by atoms with van der Waals surface area (Å²) in [5, 5.41) is 3.54. The monoisotopic (exact) mass is 207 g/mol. The van der Waals surface area contributed by atoms with Crippen LogP contribution in [0.3, 0.4) is 0 Å². The molecule has 84 valence electrons. The van der Waals surface area contributed by atoms with E-state index in [1.165, 1.54) is 31.4 Å². The van der Waals surface area contributed by atoms with Gasteiger partial charge in [0.1, 0.15) is 0 Å². The van der Waals surface area contributed by atoms with Gasteiger partial charge in [-0.25, -0.2) is 4.98 Å². The average Bonchev–Trinajstić information content (AvgIpc) is 2.98. The topological polar surface area (TPSA) is 29.9 Å². The summed E-state index contributed by atoms with van der Waals surface area (Å²) in [6.07, 6.45) is 9.03. The van der Waals surface area contributed by atoms with Crippen molar-refractivity contribution in [3.05, 3.63) is 18.2 Å². The Morgan fingerprint density at radius 1 is 1.47 bits per heavy atom. The van der Waals surface area contributed by atoms with Crippen LogP contribution in [0.2, 0.25) is 0 Å². The third kappa shape index (κ3) is 2.59. The fourth-order valence-corrected chi connectivity index (χ4v) is 2.02. The largest absolute Gasteiger partial charge is 0.330 e. The summed E-state index contributed by atoms with van der Waals surface area (Å²) in [4.78, 5) is 4.26. The summed E-state index contributed by atoms with van der Waals surface area (Å²) in [6, 6.07) is 1.39. The van der Waals surface area contributed by atoms with Crippen molar-refractivity contribution in [3.8, 4) is 0 Å². The fraction of sp³-hybridized carbons (Fsp3) is 0.750. The highest BCUT2D eigenvalue weighted by Crippen LogP contribution is 2.21. The Labute approximate surface area is 91.9 Å². The Morgan fingerprint density at radius 2 is 2.20 bits per heavy atom. The summed E-state index contributed by atoms with van der Waals surface area (Å²) in [5.41, 5.74) is 1.33. The van der Waals surface area contributed by atoms with Crippen LogP contribution in [0.1, 0.15) is 51.3 Å². The van der Waals surface area contributed by atoms with Crippen molar-refractivity contribution >= 4 is 0 Å². The van der Waals surface area contributed by atoms with E-state index in [4.69, 9.17) is 0 Å². The number of aromatic nitrogens is 2. The number of nitrogens with one attached hydrogen (secondary N) is 1. The summed E-state index contributed by atoms with van der Waals surface area (Å²) < 4.78 is 2.33. The molecule has 1 aliphatic carbocycles. The quantitative estimate of drug-likeness (QED) is 0.776. The summed E-state index contributed by atoms with van der Waals surface area (Å²) >= 11 is 0. The smallest absolute Gasteiger partial charge is 0.0951 e. The van der Waals surface area contributed by atoms with Gasteiger partial charge in [-0.05, 0) is 25.7 Å². The molecule has 0 atom stereocenters. The number of hydrogen-bond acceptors (Lipinski definition) is 2. The van der Waals surface area contributed by atoms with Crippen molar-refractivity contribution in [3.63, 3.8) is 0 Å². The summed E-state index contributed by atoms with van der Waals surface area (Å²) in [6.45, 7) is 5.46. The second-order valence-electron chi connectivity index (χ2n) is 4.42. The van der Waals surface area contributed by atoms with Crippen molar-refractivity contribution in [2.24, 2.45) is 0 Å². The molecular formula is C12H21N3. The zero-order chi connectivity index (χ0) is 10.7. The number of imidazole rings is 1. The molecule has 0 aliphatic heterocycles. The Morgan fingerprint density at radius 3 is 2.80 bits per heavy atom.